The summed E-state index contributed by atoms with van der Waals surface area (Å²) in [6, 6.07) is -2.26. The molecule has 1 saturated heterocycles. The number of carbonyl (C=O) groups excluding carboxylic acids is 8. The van der Waals surface area contributed by atoms with Crippen molar-refractivity contribution >= 4 is 59.2 Å². The highest BCUT2D eigenvalue weighted by molar-refractivity contribution is 5.98. The molecule has 392 valence electrons. The summed E-state index contributed by atoms with van der Waals surface area (Å²) < 4.78 is 0. The Morgan fingerprint density at radius 1 is 0.614 bits per heavy atom. The van der Waals surface area contributed by atoms with Crippen molar-refractivity contribution in [3.8, 4) is 0 Å². The maximum absolute atomic E-state index is 14.2. The van der Waals surface area contributed by atoms with Crippen molar-refractivity contribution in [2.75, 3.05) is 13.2 Å². The summed E-state index contributed by atoms with van der Waals surface area (Å²) in [5.41, 5.74) is 7.01. The van der Waals surface area contributed by atoms with E-state index in [1.54, 1.807) is 41.5 Å². The van der Waals surface area contributed by atoms with Crippen LogP contribution in [0.4, 0.5) is 0 Å². The molecule has 0 radical (unpaired) electrons. The first-order chi connectivity index (χ1) is 32.7. The first-order valence-corrected chi connectivity index (χ1v) is 24.0. The van der Waals surface area contributed by atoms with E-state index in [4.69, 9.17) is 5.73 Å². The number of aliphatic hydroxyl groups is 1. The van der Waals surface area contributed by atoms with Gasteiger partial charge in [0.1, 0.15) is 48.3 Å². The van der Waals surface area contributed by atoms with Gasteiger partial charge in [-0.15, -0.1) is 0 Å². The molecule has 70 heavy (non-hydrogen) atoms. The van der Waals surface area contributed by atoms with Crippen LogP contribution < -0.4 is 43.0 Å². The van der Waals surface area contributed by atoms with Crippen LogP contribution in [-0.2, 0) is 54.4 Å². The maximum Gasteiger partial charge on any atom is 0.326 e. The van der Waals surface area contributed by atoms with E-state index in [0.29, 0.717) is 6.42 Å². The van der Waals surface area contributed by atoms with E-state index in [1.807, 2.05) is 44.2 Å². The molecule has 0 bridgehead atoms. The Balaban J connectivity index is 2.24. The van der Waals surface area contributed by atoms with Gasteiger partial charge in [0.05, 0.1) is 12.6 Å². The molecule has 0 aromatic heterocycles. The normalized spacial score (nSPS) is 17.0. The van der Waals surface area contributed by atoms with Crippen molar-refractivity contribution < 1.29 is 63.3 Å². The summed E-state index contributed by atoms with van der Waals surface area (Å²) in [7, 11) is 0. The minimum Gasteiger partial charge on any atom is -0.481 e. The van der Waals surface area contributed by atoms with E-state index in [-0.39, 0.29) is 56.4 Å². The van der Waals surface area contributed by atoms with Gasteiger partial charge in [0.25, 0.3) is 0 Å². The molecule has 0 spiro atoms. The molecular formula is C48H77N9O13. The third-order valence-corrected chi connectivity index (χ3v) is 11.6. The largest absolute Gasteiger partial charge is 0.481 e. The molecule has 8 amide bonds. The van der Waals surface area contributed by atoms with Crippen LogP contribution in [0.5, 0.6) is 0 Å². The Kier molecular flexibility index (Phi) is 24.9. The van der Waals surface area contributed by atoms with Crippen LogP contribution in [0.3, 0.4) is 0 Å². The fourth-order valence-electron chi connectivity index (χ4n) is 7.83. The lowest BCUT2D eigenvalue weighted by atomic mass is 9.99. The molecule has 9 atom stereocenters. The molecule has 1 heterocycles. The number of aliphatic hydroxyl groups excluding tert-OH is 1. The summed E-state index contributed by atoms with van der Waals surface area (Å²) in [6.45, 7) is 14.5. The molecule has 0 saturated carbocycles. The van der Waals surface area contributed by atoms with Gasteiger partial charge >= 0.3 is 11.9 Å². The van der Waals surface area contributed by atoms with Gasteiger partial charge in [-0.1, -0.05) is 85.7 Å². The van der Waals surface area contributed by atoms with Crippen molar-refractivity contribution in [1.82, 2.24) is 42.1 Å². The van der Waals surface area contributed by atoms with Gasteiger partial charge in [0, 0.05) is 13.0 Å². The zero-order valence-electron chi connectivity index (χ0n) is 41.9. The smallest absolute Gasteiger partial charge is 0.326 e. The van der Waals surface area contributed by atoms with E-state index in [9.17, 15) is 63.3 Å². The molecular weight excluding hydrogens is 911 g/mol. The van der Waals surface area contributed by atoms with Crippen LogP contribution in [0.2, 0.25) is 0 Å². The van der Waals surface area contributed by atoms with Crippen LogP contribution in [0.25, 0.3) is 0 Å². The molecule has 22 heteroatoms. The summed E-state index contributed by atoms with van der Waals surface area (Å²) in [5, 5.41) is 47.2. The number of carboxylic acid groups (broad SMARTS) is 2. The fourth-order valence-corrected chi connectivity index (χ4v) is 7.83. The summed E-state index contributed by atoms with van der Waals surface area (Å²) in [4.78, 5) is 133. The Morgan fingerprint density at radius 2 is 1.10 bits per heavy atom. The van der Waals surface area contributed by atoms with Gasteiger partial charge < -0.3 is 63.2 Å². The van der Waals surface area contributed by atoms with Gasteiger partial charge in [-0.25, -0.2) is 4.79 Å². The third-order valence-electron chi connectivity index (χ3n) is 11.6. The molecule has 1 aliphatic heterocycles. The van der Waals surface area contributed by atoms with E-state index < -0.39 is 139 Å². The summed E-state index contributed by atoms with van der Waals surface area (Å²) in [6.07, 6.45) is 0.0426. The van der Waals surface area contributed by atoms with Crippen LogP contribution in [0, 0.1) is 23.7 Å². The monoisotopic (exact) mass is 988 g/mol. The van der Waals surface area contributed by atoms with Gasteiger partial charge in [-0.2, -0.15) is 0 Å². The number of likely N-dealkylation sites (tertiary alicyclic amines) is 1. The van der Waals surface area contributed by atoms with Crippen LogP contribution in [0.1, 0.15) is 113 Å². The molecule has 0 aliphatic carbocycles. The number of nitrogens with one attached hydrogen (secondary N) is 7. The van der Waals surface area contributed by atoms with Gasteiger partial charge in [-0.05, 0) is 81.1 Å². The standard InChI is InChI=1S/C48H77N9O13/c1-25(2)20-33(52-41(62)31(49)23-30-14-11-10-12-15-30)42(63)53-34(21-26(3)4)43(64)55-36(24-58)44(65)51-32(17-18-38(59)60)47(68)57-19-13-16-37(57)45(66)56-39(28(7)8)46(67)50-29(9)40(61)54-35(48(69)70)22-27(5)6/h10-12,14-15,25-29,31-37,39,58H,13,16-24,49H2,1-9H3,(H,50,67)(H,51,65)(H,52,62)(H,53,63)(H,54,61)(H,55,64)(H,56,66)(H,59,60)(H,69,70)/t29-,31-,32-,33-,34-,35-,36-,37-,39-/m0/s1. The maximum atomic E-state index is 14.2. The van der Waals surface area contributed by atoms with Gasteiger partial charge in [0.2, 0.25) is 47.3 Å². The van der Waals surface area contributed by atoms with E-state index >= 15 is 0 Å². The van der Waals surface area contributed by atoms with Crippen LogP contribution in [0.15, 0.2) is 30.3 Å². The molecule has 1 aromatic carbocycles. The average molecular weight is 988 g/mol. The molecule has 1 aliphatic rings. The van der Waals surface area contributed by atoms with E-state index in [1.165, 1.54) is 6.92 Å². The zero-order chi connectivity index (χ0) is 53.0. The Labute approximate surface area is 410 Å². The number of amides is 8. The third kappa shape index (κ3) is 20.1. The minimum atomic E-state index is -1.70. The van der Waals surface area contributed by atoms with Crippen molar-refractivity contribution in [3.05, 3.63) is 35.9 Å². The van der Waals surface area contributed by atoms with Crippen molar-refractivity contribution in [1.29, 1.82) is 0 Å². The number of carbonyl (C=O) groups is 10. The number of nitrogens with two attached hydrogens (primary N) is 1. The predicted molar refractivity (Wildman–Crippen MR) is 257 cm³/mol. The number of hydrogen-bond acceptors (Lipinski definition) is 12. The van der Waals surface area contributed by atoms with Crippen molar-refractivity contribution in [3.63, 3.8) is 0 Å². The van der Waals surface area contributed by atoms with Crippen LogP contribution in [-0.4, -0.2) is 147 Å². The van der Waals surface area contributed by atoms with Crippen molar-refractivity contribution in [2.45, 2.75) is 168 Å². The number of carboxylic acids is 2. The van der Waals surface area contributed by atoms with Crippen molar-refractivity contribution in [2.24, 2.45) is 29.4 Å². The second-order valence-corrected chi connectivity index (χ2v) is 19.6. The van der Waals surface area contributed by atoms with Gasteiger partial charge in [0.15, 0.2) is 0 Å². The second kappa shape index (κ2) is 29.1. The quantitative estimate of drug-likeness (QED) is 0.0491. The molecule has 12 N–H and O–H groups in total. The highest BCUT2D eigenvalue weighted by atomic mass is 16.4. The fraction of sp³-hybridized carbons (Fsp3) is 0.667. The van der Waals surface area contributed by atoms with E-state index in [2.05, 4.69) is 37.2 Å². The number of hydrogen-bond donors (Lipinski definition) is 11. The predicted octanol–water partition coefficient (Wildman–Crippen LogP) is -0.303. The first-order valence-electron chi connectivity index (χ1n) is 24.0. The molecule has 1 aromatic rings. The second-order valence-electron chi connectivity index (χ2n) is 19.6. The highest BCUT2D eigenvalue weighted by Crippen LogP contribution is 2.21. The SMILES string of the molecule is CC(C)C[C@H](NC(=O)[C@H](C)NC(=O)[C@@H](NC(=O)[C@@H]1CCCN1C(=O)[C@H](CCC(=O)O)NC(=O)[C@H](CO)NC(=O)[C@H](CC(C)C)NC(=O)[C@H](CC(C)C)NC(=O)[C@@H](N)Cc1ccccc1)C(C)C)C(=O)O. The molecule has 22 nitrogen and oxygen atoms in total. The van der Waals surface area contributed by atoms with E-state index in [0.717, 1.165) is 10.5 Å². The summed E-state index contributed by atoms with van der Waals surface area (Å²) in [5.74, 6) is -9.66. The Morgan fingerprint density at radius 3 is 1.60 bits per heavy atom. The molecule has 1 fully saturated rings. The van der Waals surface area contributed by atoms with Crippen LogP contribution >= 0.6 is 0 Å². The zero-order valence-corrected chi connectivity index (χ0v) is 41.9. The van der Waals surface area contributed by atoms with Gasteiger partial charge in [-0.3, -0.25) is 43.2 Å². The average Bonchev–Trinajstić information content (AvgIpc) is 3.77. The molecule has 0 unspecified atom stereocenters. The Bertz CT molecular complexity index is 1970. The molecule has 2 rings (SSSR count). The lowest BCUT2D eigenvalue weighted by Gasteiger charge is -2.31. The lowest BCUT2D eigenvalue weighted by molar-refractivity contribution is -0.144. The Hall–Kier alpha value is -6.16. The topological polar surface area (TPSA) is 345 Å². The number of benzene rings is 1. The number of aliphatic carboxylic acids is 2. The summed E-state index contributed by atoms with van der Waals surface area (Å²) >= 11 is 0. The number of nitrogens with zero attached hydrogens (tertiary/aromatic N) is 1. The first kappa shape index (κ1) is 60.0. The number of rotatable bonds is 29. The highest BCUT2D eigenvalue weighted by Gasteiger charge is 2.41. The minimum absolute atomic E-state index is 0.0151. The lowest BCUT2D eigenvalue weighted by Crippen LogP contribution is -2.61.